The van der Waals surface area contributed by atoms with Crippen LogP contribution in [0.25, 0.3) is 11.4 Å². The van der Waals surface area contributed by atoms with Gasteiger partial charge >= 0.3 is 6.18 Å². The van der Waals surface area contributed by atoms with Crippen LogP contribution in [0.4, 0.5) is 13.2 Å². The molecule has 0 amide bonds. The Balaban J connectivity index is 2.34. The summed E-state index contributed by atoms with van der Waals surface area (Å²) in [5, 5.41) is 0. The number of rotatable bonds is 1. The van der Waals surface area contributed by atoms with E-state index in [2.05, 4.69) is 19.9 Å². The maximum Gasteiger partial charge on any atom is 0.451 e. The average molecular weight is 226 g/mol. The lowest BCUT2D eigenvalue weighted by atomic mass is 10.3. The molecule has 0 aliphatic rings. The number of hydrogen-bond donors (Lipinski definition) is 0. The highest BCUT2D eigenvalue weighted by Gasteiger charge is 2.34. The Kier molecular flexibility index (Phi) is 2.51. The Morgan fingerprint density at radius 2 is 1.44 bits per heavy atom. The highest BCUT2D eigenvalue weighted by Crippen LogP contribution is 2.26. The van der Waals surface area contributed by atoms with Gasteiger partial charge in [0, 0.05) is 24.8 Å². The molecule has 0 N–H and O–H groups in total. The zero-order chi connectivity index (χ0) is 11.6. The van der Waals surface area contributed by atoms with Crippen molar-refractivity contribution in [2.45, 2.75) is 6.18 Å². The summed E-state index contributed by atoms with van der Waals surface area (Å²) in [5.41, 5.74) is 0.341. The summed E-state index contributed by atoms with van der Waals surface area (Å²) < 4.78 is 36.5. The molecule has 0 bridgehead atoms. The molecule has 2 aromatic heterocycles. The fraction of sp³-hybridized carbons (Fsp3) is 0.111. The van der Waals surface area contributed by atoms with Crippen LogP contribution in [0.5, 0.6) is 0 Å². The molecule has 16 heavy (non-hydrogen) atoms. The number of aromatic nitrogens is 4. The molecular weight excluding hydrogens is 221 g/mol. The molecule has 0 atom stereocenters. The van der Waals surface area contributed by atoms with E-state index >= 15 is 0 Å². The second-order valence-electron chi connectivity index (χ2n) is 2.87. The van der Waals surface area contributed by atoms with Gasteiger partial charge in [-0.3, -0.25) is 0 Å². The molecule has 0 fully saturated rings. The van der Waals surface area contributed by atoms with E-state index in [0.29, 0.717) is 5.56 Å². The first kappa shape index (κ1) is 10.5. The van der Waals surface area contributed by atoms with Gasteiger partial charge in [0.15, 0.2) is 5.82 Å². The van der Waals surface area contributed by atoms with Crippen molar-refractivity contribution < 1.29 is 13.2 Å². The van der Waals surface area contributed by atoms with Gasteiger partial charge in [0.25, 0.3) is 0 Å². The van der Waals surface area contributed by atoms with Crippen LogP contribution in [0.3, 0.4) is 0 Å². The molecule has 4 nitrogen and oxygen atoms in total. The van der Waals surface area contributed by atoms with Crippen LogP contribution >= 0.6 is 0 Å². The number of alkyl halides is 3. The molecule has 0 saturated carbocycles. The Morgan fingerprint density at radius 1 is 0.875 bits per heavy atom. The molecule has 0 saturated heterocycles. The lowest BCUT2D eigenvalue weighted by molar-refractivity contribution is -0.144. The van der Waals surface area contributed by atoms with Crippen LogP contribution in [-0.2, 0) is 6.18 Å². The maximum absolute atomic E-state index is 12.2. The van der Waals surface area contributed by atoms with Crippen molar-refractivity contribution in [2.24, 2.45) is 0 Å². The monoisotopic (exact) mass is 226 g/mol. The quantitative estimate of drug-likeness (QED) is 0.745. The van der Waals surface area contributed by atoms with E-state index in [9.17, 15) is 13.2 Å². The van der Waals surface area contributed by atoms with Crippen molar-refractivity contribution in [3.8, 4) is 11.4 Å². The van der Waals surface area contributed by atoms with Crippen molar-refractivity contribution in [1.29, 1.82) is 0 Å². The van der Waals surface area contributed by atoms with Gasteiger partial charge in [-0.1, -0.05) is 0 Å². The fourth-order valence-electron chi connectivity index (χ4n) is 1.04. The summed E-state index contributed by atoms with van der Waals surface area (Å²) in [6.07, 6.45) is 0.534. The molecule has 2 aromatic rings. The highest BCUT2D eigenvalue weighted by molar-refractivity contribution is 5.50. The van der Waals surface area contributed by atoms with Gasteiger partial charge < -0.3 is 0 Å². The third-order valence-corrected chi connectivity index (χ3v) is 1.73. The first-order valence-electron chi connectivity index (χ1n) is 4.24. The van der Waals surface area contributed by atoms with Crippen LogP contribution in [-0.4, -0.2) is 19.9 Å². The average Bonchev–Trinajstić information content (AvgIpc) is 2.29. The molecule has 7 heteroatoms. The Labute approximate surface area is 88.2 Å². The molecule has 0 aromatic carbocycles. The largest absolute Gasteiger partial charge is 0.451 e. The third-order valence-electron chi connectivity index (χ3n) is 1.73. The summed E-state index contributed by atoms with van der Waals surface area (Å²) in [6.45, 7) is 0. The SMILES string of the molecule is FC(F)(F)c1ncc(-c2ncccn2)cn1. The molecule has 0 unspecified atom stereocenters. The molecule has 2 heterocycles. The smallest absolute Gasteiger partial charge is 0.236 e. The van der Waals surface area contributed by atoms with E-state index < -0.39 is 12.0 Å². The van der Waals surface area contributed by atoms with E-state index in [0.717, 1.165) is 12.4 Å². The summed E-state index contributed by atoms with van der Waals surface area (Å²) in [5.74, 6) is -0.886. The minimum atomic E-state index is -4.53. The van der Waals surface area contributed by atoms with Gasteiger partial charge in [0.1, 0.15) is 0 Å². The first-order valence-corrected chi connectivity index (χ1v) is 4.24. The first-order chi connectivity index (χ1) is 7.57. The topological polar surface area (TPSA) is 51.6 Å². The van der Waals surface area contributed by atoms with Crippen molar-refractivity contribution in [3.63, 3.8) is 0 Å². The van der Waals surface area contributed by atoms with E-state index in [1.807, 2.05) is 0 Å². The van der Waals surface area contributed by atoms with E-state index in [1.165, 1.54) is 12.4 Å². The zero-order valence-corrected chi connectivity index (χ0v) is 7.81. The summed E-state index contributed by atoms with van der Waals surface area (Å²) >= 11 is 0. The zero-order valence-electron chi connectivity index (χ0n) is 7.81. The van der Waals surface area contributed by atoms with Gasteiger partial charge in [-0.15, -0.1) is 0 Å². The third kappa shape index (κ3) is 2.13. The van der Waals surface area contributed by atoms with Crippen molar-refractivity contribution in [2.75, 3.05) is 0 Å². The Hall–Kier alpha value is -2.05. The summed E-state index contributed by atoms with van der Waals surface area (Å²) in [7, 11) is 0. The lowest BCUT2D eigenvalue weighted by Crippen LogP contribution is -2.10. The molecule has 2 rings (SSSR count). The van der Waals surface area contributed by atoms with Gasteiger partial charge in [-0.05, 0) is 6.07 Å². The summed E-state index contributed by atoms with van der Waals surface area (Å²) in [6, 6.07) is 1.61. The second kappa shape index (κ2) is 3.84. The second-order valence-corrected chi connectivity index (χ2v) is 2.87. The van der Waals surface area contributed by atoms with Crippen LogP contribution < -0.4 is 0 Å². The Bertz CT molecular complexity index is 466. The number of nitrogens with zero attached hydrogens (tertiary/aromatic N) is 4. The van der Waals surface area contributed by atoms with E-state index in [-0.39, 0.29) is 5.82 Å². The Morgan fingerprint density at radius 3 is 1.94 bits per heavy atom. The normalized spacial score (nSPS) is 11.4. The number of halogens is 3. The van der Waals surface area contributed by atoms with Crippen molar-refractivity contribution in [1.82, 2.24) is 19.9 Å². The standard InChI is InChI=1S/C9H5F3N4/c10-9(11,12)8-15-4-6(5-16-8)7-13-2-1-3-14-7/h1-5H. The van der Waals surface area contributed by atoms with Gasteiger partial charge in [-0.2, -0.15) is 13.2 Å². The van der Waals surface area contributed by atoms with Gasteiger partial charge in [0.2, 0.25) is 5.82 Å². The number of hydrogen-bond acceptors (Lipinski definition) is 4. The molecule has 0 spiro atoms. The molecular formula is C9H5F3N4. The van der Waals surface area contributed by atoms with Crippen LogP contribution in [0.15, 0.2) is 30.9 Å². The van der Waals surface area contributed by atoms with E-state index in [4.69, 9.17) is 0 Å². The summed E-state index contributed by atoms with van der Waals surface area (Å²) in [4.78, 5) is 14.2. The van der Waals surface area contributed by atoms with Gasteiger partial charge in [-0.25, -0.2) is 19.9 Å². The van der Waals surface area contributed by atoms with Gasteiger partial charge in [0.05, 0.1) is 5.56 Å². The van der Waals surface area contributed by atoms with Crippen LogP contribution in [0, 0.1) is 0 Å². The molecule has 0 aliphatic carbocycles. The minimum absolute atomic E-state index is 0.288. The maximum atomic E-state index is 12.2. The van der Waals surface area contributed by atoms with E-state index in [1.54, 1.807) is 6.07 Å². The van der Waals surface area contributed by atoms with Crippen LogP contribution in [0.2, 0.25) is 0 Å². The predicted octanol–water partition coefficient (Wildman–Crippen LogP) is 1.95. The fourth-order valence-corrected chi connectivity index (χ4v) is 1.04. The predicted molar refractivity (Wildman–Crippen MR) is 48.1 cm³/mol. The molecule has 0 aliphatic heterocycles. The highest BCUT2D eigenvalue weighted by atomic mass is 19.4. The van der Waals surface area contributed by atoms with Crippen LogP contribution in [0.1, 0.15) is 5.82 Å². The minimum Gasteiger partial charge on any atom is -0.236 e. The molecule has 82 valence electrons. The van der Waals surface area contributed by atoms with Crippen molar-refractivity contribution >= 4 is 0 Å². The van der Waals surface area contributed by atoms with Crippen molar-refractivity contribution in [3.05, 3.63) is 36.7 Å². The lowest BCUT2D eigenvalue weighted by Gasteiger charge is -2.04. The molecule has 0 radical (unpaired) electrons.